The van der Waals surface area contributed by atoms with E-state index in [9.17, 15) is 22.4 Å². The Kier molecular flexibility index (Phi) is 3.36. The molecule has 1 amide bonds. The van der Waals surface area contributed by atoms with Crippen LogP contribution in [-0.4, -0.2) is 23.9 Å². The molecule has 1 aromatic rings. The lowest BCUT2D eigenvalue weighted by Crippen LogP contribution is -2.78. The molecule has 0 heterocycles. The van der Waals surface area contributed by atoms with Crippen molar-refractivity contribution in [2.24, 2.45) is 5.41 Å². The minimum Gasteiger partial charge on any atom is -0.346 e. The zero-order valence-electron chi connectivity index (χ0n) is 11.7. The Hall–Kier alpha value is -1.44. The first-order valence-electron chi connectivity index (χ1n) is 6.69. The Bertz CT molecular complexity index is 612. The highest BCUT2D eigenvalue weighted by Crippen LogP contribution is 2.73. The van der Waals surface area contributed by atoms with Gasteiger partial charge in [-0.1, -0.05) is 18.0 Å². The second-order valence-electron chi connectivity index (χ2n) is 6.01. The molecule has 0 aromatic heterocycles. The van der Waals surface area contributed by atoms with E-state index in [-0.39, 0.29) is 24.8 Å². The predicted molar refractivity (Wildman–Crippen MR) is 76.1 cm³/mol. The van der Waals surface area contributed by atoms with Gasteiger partial charge in [0.05, 0.1) is 16.7 Å². The van der Waals surface area contributed by atoms with E-state index in [0.29, 0.717) is 5.69 Å². The summed E-state index contributed by atoms with van der Waals surface area (Å²) in [5, 5.41) is 2.58. The number of hydrogen-bond acceptors (Lipinski definition) is 3. The maximum Gasteiger partial charge on any atom is 0.394 e. The molecule has 0 unspecified atom stereocenters. The van der Waals surface area contributed by atoms with Gasteiger partial charge in [0.2, 0.25) is 0 Å². The van der Waals surface area contributed by atoms with Gasteiger partial charge in [0.1, 0.15) is 5.82 Å². The largest absolute Gasteiger partial charge is 0.394 e. The van der Waals surface area contributed by atoms with Crippen LogP contribution in [0.25, 0.3) is 0 Å². The smallest absolute Gasteiger partial charge is 0.346 e. The fourth-order valence-corrected chi connectivity index (χ4v) is 3.86. The fourth-order valence-electron chi connectivity index (χ4n) is 3.47. The standard InChI is InChI=1S/C14H14F4N2OS/c1-22-20-9-4-2-3-8(15)10(9)11(21)19-13-5-12(6-13,7-13)14(16,17)18/h2-4,20H,5-7H2,1H3,(H,19,21). The van der Waals surface area contributed by atoms with Crippen molar-refractivity contribution in [3.63, 3.8) is 0 Å². The number of halogens is 4. The summed E-state index contributed by atoms with van der Waals surface area (Å²) in [5.41, 5.74) is -2.33. The monoisotopic (exact) mass is 334 g/mol. The third kappa shape index (κ3) is 2.15. The lowest BCUT2D eigenvalue weighted by Gasteiger charge is -2.70. The van der Waals surface area contributed by atoms with E-state index >= 15 is 0 Å². The molecule has 3 fully saturated rings. The van der Waals surface area contributed by atoms with Crippen LogP contribution in [0.5, 0.6) is 0 Å². The molecule has 1 aromatic carbocycles. The lowest BCUT2D eigenvalue weighted by atomic mass is 9.39. The average molecular weight is 334 g/mol. The number of nitrogens with one attached hydrogen (secondary N) is 2. The van der Waals surface area contributed by atoms with Crippen molar-refractivity contribution in [1.82, 2.24) is 5.32 Å². The summed E-state index contributed by atoms with van der Waals surface area (Å²) < 4.78 is 55.1. The van der Waals surface area contributed by atoms with Crippen molar-refractivity contribution in [2.75, 3.05) is 11.0 Å². The first kappa shape index (κ1) is 15.5. The van der Waals surface area contributed by atoms with E-state index in [1.807, 2.05) is 0 Å². The average Bonchev–Trinajstić information content (AvgIpc) is 2.30. The molecule has 8 heteroatoms. The number of alkyl halides is 3. The van der Waals surface area contributed by atoms with Crippen LogP contribution in [0.1, 0.15) is 29.6 Å². The van der Waals surface area contributed by atoms with Crippen LogP contribution >= 0.6 is 11.9 Å². The SMILES string of the molecule is CSNc1cccc(F)c1C(=O)NC12CC(C(F)(F)F)(C1)C2. The van der Waals surface area contributed by atoms with E-state index in [1.54, 1.807) is 12.3 Å². The van der Waals surface area contributed by atoms with E-state index < -0.39 is 28.9 Å². The van der Waals surface area contributed by atoms with Gasteiger partial charge in [-0.05, 0) is 31.4 Å². The minimum atomic E-state index is -4.23. The quantitative estimate of drug-likeness (QED) is 0.651. The van der Waals surface area contributed by atoms with Gasteiger partial charge in [-0.2, -0.15) is 13.2 Å². The second kappa shape index (κ2) is 4.78. The third-order valence-corrected chi connectivity index (χ3v) is 4.89. The van der Waals surface area contributed by atoms with Gasteiger partial charge in [-0.25, -0.2) is 4.39 Å². The summed E-state index contributed by atoms with van der Waals surface area (Å²) in [7, 11) is 0. The number of benzene rings is 1. The van der Waals surface area contributed by atoms with Crippen LogP contribution in [0.3, 0.4) is 0 Å². The summed E-state index contributed by atoms with van der Waals surface area (Å²) in [6.07, 6.45) is -2.86. The van der Waals surface area contributed by atoms with Crippen molar-refractivity contribution >= 4 is 23.5 Å². The normalized spacial score (nSPS) is 29.3. The molecular weight excluding hydrogens is 320 g/mol. The molecule has 0 radical (unpaired) electrons. The maximum absolute atomic E-state index is 13.9. The summed E-state index contributed by atoms with van der Waals surface area (Å²) in [6.45, 7) is 0. The van der Waals surface area contributed by atoms with E-state index in [2.05, 4.69) is 10.0 Å². The molecule has 3 saturated carbocycles. The van der Waals surface area contributed by atoms with Crippen molar-refractivity contribution in [3.05, 3.63) is 29.6 Å². The molecule has 3 aliphatic rings. The molecule has 120 valence electrons. The van der Waals surface area contributed by atoms with Gasteiger partial charge in [0.15, 0.2) is 0 Å². The van der Waals surface area contributed by atoms with Crippen LogP contribution in [-0.2, 0) is 0 Å². The Morgan fingerprint density at radius 1 is 1.27 bits per heavy atom. The molecule has 2 N–H and O–H groups in total. The molecule has 3 aliphatic carbocycles. The van der Waals surface area contributed by atoms with Crippen molar-refractivity contribution < 1.29 is 22.4 Å². The minimum absolute atomic E-state index is 0.116. The lowest BCUT2D eigenvalue weighted by molar-refractivity contribution is -0.336. The van der Waals surface area contributed by atoms with Gasteiger partial charge in [-0.3, -0.25) is 4.79 Å². The highest BCUT2D eigenvalue weighted by atomic mass is 32.2. The number of rotatable bonds is 4. The molecule has 0 atom stereocenters. The molecule has 3 nitrogen and oxygen atoms in total. The molecule has 22 heavy (non-hydrogen) atoms. The molecule has 4 rings (SSSR count). The Labute approximate surface area is 129 Å². The van der Waals surface area contributed by atoms with Crippen LogP contribution in [0, 0.1) is 11.2 Å². The zero-order chi connectivity index (χ0) is 16.2. The number of amides is 1. The second-order valence-corrected chi connectivity index (χ2v) is 6.62. The Balaban J connectivity index is 1.73. The molecule has 0 spiro atoms. The first-order chi connectivity index (χ1) is 10.2. The van der Waals surface area contributed by atoms with Gasteiger partial charge >= 0.3 is 6.18 Å². The van der Waals surface area contributed by atoms with Crippen molar-refractivity contribution in [2.45, 2.75) is 31.0 Å². The molecular formula is C14H14F4N2OS. The predicted octanol–water partition coefficient (Wildman–Crippen LogP) is 3.73. The van der Waals surface area contributed by atoms with Crippen LogP contribution in [0.15, 0.2) is 18.2 Å². The van der Waals surface area contributed by atoms with Gasteiger partial charge in [0.25, 0.3) is 5.91 Å². The molecule has 2 bridgehead atoms. The highest BCUT2D eigenvalue weighted by Gasteiger charge is 2.79. The number of anilines is 1. The molecule has 0 aliphatic heterocycles. The zero-order valence-corrected chi connectivity index (χ0v) is 12.5. The summed E-state index contributed by atoms with van der Waals surface area (Å²) >= 11 is 1.20. The van der Waals surface area contributed by atoms with Crippen LogP contribution in [0.2, 0.25) is 0 Å². The maximum atomic E-state index is 13.9. The Morgan fingerprint density at radius 2 is 1.91 bits per heavy atom. The summed E-state index contributed by atoms with van der Waals surface area (Å²) in [5.74, 6) is -1.38. The third-order valence-electron chi connectivity index (χ3n) is 4.46. The molecule has 0 saturated heterocycles. The van der Waals surface area contributed by atoms with E-state index in [0.717, 1.165) is 6.07 Å². The Morgan fingerprint density at radius 3 is 2.45 bits per heavy atom. The first-order valence-corrected chi connectivity index (χ1v) is 7.91. The number of carbonyl (C=O) groups is 1. The number of carbonyl (C=O) groups excluding carboxylic acids is 1. The van der Waals surface area contributed by atoms with Crippen molar-refractivity contribution in [1.29, 1.82) is 0 Å². The topological polar surface area (TPSA) is 41.1 Å². The summed E-state index contributed by atoms with van der Waals surface area (Å²) in [4.78, 5) is 12.3. The van der Waals surface area contributed by atoms with Crippen molar-refractivity contribution in [3.8, 4) is 0 Å². The highest BCUT2D eigenvalue weighted by molar-refractivity contribution is 7.99. The fraction of sp³-hybridized carbons (Fsp3) is 0.500. The van der Waals surface area contributed by atoms with E-state index in [4.69, 9.17) is 0 Å². The van der Waals surface area contributed by atoms with E-state index in [1.165, 1.54) is 18.0 Å². The van der Waals surface area contributed by atoms with Gasteiger partial charge in [0, 0.05) is 11.8 Å². The van der Waals surface area contributed by atoms with Gasteiger partial charge < -0.3 is 10.0 Å². The van der Waals surface area contributed by atoms with Crippen LogP contribution in [0.4, 0.5) is 23.2 Å². The summed E-state index contributed by atoms with van der Waals surface area (Å²) in [6, 6.07) is 4.16. The number of hydrogen-bond donors (Lipinski definition) is 2. The van der Waals surface area contributed by atoms with Crippen LogP contribution < -0.4 is 10.0 Å². The van der Waals surface area contributed by atoms with Gasteiger partial charge in [-0.15, -0.1) is 0 Å².